The van der Waals surface area contributed by atoms with Crippen molar-refractivity contribution in [3.8, 4) is 0 Å². The third kappa shape index (κ3) is 2.04. The summed E-state index contributed by atoms with van der Waals surface area (Å²) in [6.45, 7) is 0.495. The minimum atomic E-state index is -0.0494. The zero-order valence-electron chi connectivity index (χ0n) is 7.52. The second-order valence-electron chi connectivity index (χ2n) is 3.16. The van der Waals surface area contributed by atoms with Crippen molar-refractivity contribution in [2.75, 3.05) is 11.4 Å². The summed E-state index contributed by atoms with van der Waals surface area (Å²) in [4.78, 5) is 20.7. The average molecular weight is 264 g/mol. The molecule has 80 valence electrons. The Hall–Kier alpha value is -0.520. The van der Waals surface area contributed by atoms with Crippen LogP contribution in [0.3, 0.4) is 0 Å². The van der Waals surface area contributed by atoms with E-state index in [1.807, 2.05) is 0 Å². The number of aromatic nitrogens is 2. The van der Waals surface area contributed by atoms with Crippen molar-refractivity contribution in [1.82, 2.24) is 9.97 Å². The summed E-state index contributed by atoms with van der Waals surface area (Å²) in [5.41, 5.74) is 0. The number of carbonyl (C=O) groups excluding carboxylic acids is 1. The summed E-state index contributed by atoms with van der Waals surface area (Å²) in [6, 6.07) is 0. The van der Waals surface area contributed by atoms with Crippen molar-refractivity contribution < 1.29 is 4.79 Å². The zero-order valence-corrected chi connectivity index (χ0v) is 9.93. The van der Waals surface area contributed by atoms with Crippen LogP contribution in [0.15, 0.2) is 6.33 Å². The van der Waals surface area contributed by atoms with E-state index in [1.165, 1.54) is 11.2 Å². The Bertz CT molecular complexity index is 415. The van der Waals surface area contributed by atoms with Crippen LogP contribution in [0.4, 0.5) is 5.82 Å². The first kappa shape index (κ1) is 11.0. The van der Waals surface area contributed by atoms with Gasteiger partial charge in [-0.1, -0.05) is 23.2 Å². The Morgan fingerprint density at radius 3 is 2.80 bits per heavy atom. The van der Waals surface area contributed by atoms with Crippen molar-refractivity contribution in [2.45, 2.75) is 11.7 Å². The molecule has 4 nitrogen and oxygen atoms in total. The maximum absolute atomic E-state index is 11.6. The molecule has 0 N–H and O–H groups in total. The van der Waals surface area contributed by atoms with Gasteiger partial charge in [0.25, 0.3) is 0 Å². The molecule has 1 aromatic rings. The predicted octanol–water partition coefficient (Wildman–Crippen LogP) is 1.82. The minimum absolute atomic E-state index is 0.0160. The largest absolute Gasteiger partial charge is 0.294 e. The third-order valence-corrected chi connectivity index (χ3v) is 3.17. The van der Waals surface area contributed by atoms with Gasteiger partial charge in [-0.3, -0.25) is 9.69 Å². The number of amides is 1. The second-order valence-corrected chi connectivity index (χ2v) is 4.63. The minimum Gasteiger partial charge on any atom is -0.294 e. The van der Waals surface area contributed by atoms with Gasteiger partial charge in [0.05, 0.1) is 0 Å². The van der Waals surface area contributed by atoms with Gasteiger partial charge in [0, 0.05) is 18.2 Å². The number of hydrogen-bond acceptors (Lipinski definition) is 4. The molecule has 0 bridgehead atoms. The Kier molecular flexibility index (Phi) is 3.04. The molecule has 0 aromatic carbocycles. The maximum atomic E-state index is 11.6. The first-order chi connectivity index (χ1) is 7.09. The molecule has 1 saturated heterocycles. The molecule has 2 heterocycles. The predicted molar refractivity (Wildman–Crippen MR) is 61.8 cm³/mol. The monoisotopic (exact) mass is 263 g/mol. The Balaban J connectivity index is 2.38. The van der Waals surface area contributed by atoms with Crippen LogP contribution in [0.1, 0.15) is 6.42 Å². The molecule has 1 aromatic heterocycles. The molecule has 1 aliphatic heterocycles. The second kappa shape index (κ2) is 4.15. The molecular weight excluding hydrogens is 257 g/mol. The van der Waals surface area contributed by atoms with Crippen LogP contribution in [0, 0.1) is 0 Å². The molecule has 0 spiro atoms. The molecule has 7 heteroatoms. The van der Waals surface area contributed by atoms with Crippen molar-refractivity contribution in [2.24, 2.45) is 0 Å². The van der Waals surface area contributed by atoms with Crippen LogP contribution < -0.4 is 4.90 Å². The van der Waals surface area contributed by atoms with E-state index in [1.54, 1.807) is 0 Å². The normalized spacial score (nSPS) is 21.1. The van der Waals surface area contributed by atoms with Gasteiger partial charge < -0.3 is 0 Å². The van der Waals surface area contributed by atoms with Gasteiger partial charge in [0.15, 0.2) is 11.0 Å². The fraction of sp³-hybridized carbons (Fsp3) is 0.375. The molecule has 1 fully saturated rings. The topological polar surface area (TPSA) is 46.1 Å². The lowest BCUT2D eigenvalue weighted by Crippen LogP contribution is -2.26. The molecule has 0 saturated carbocycles. The molecular formula is C8H7Cl2N3OS. The van der Waals surface area contributed by atoms with Gasteiger partial charge >= 0.3 is 0 Å². The lowest BCUT2D eigenvalue weighted by Gasteiger charge is -2.15. The fourth-order valence-electron chi connectivity index (χ4n) is 1.42. The number of rotatable bonds is 1. The smallest absolute Gasteiger partial charge is 0.229 e. The summed E-state index contributed by atoms with van der Waals surface area (Å²) >= 11 is 15.9. The van der Waals surface area contributed by atoms with E-state index in [0.29, 0.717) is 18.8 Å². The summed E-state index contributed by atoms with van der Waals surface area (Å²) < 4.78 is 0. The Morgan fingerprint density at radius 1 is 1.47 bits per heavy atom. The molecule has 2 rings (SSSR count). The number of carbonyl (C=O) groups is 1. The van der Waals surface area contributed by atoms with Gasteiger partial charge in [-0.15, -0.1) is 0 Å². The lowest BCUT2D eigenvalue weighted by atomic mass is 10.4. The van der Waals surface area contributed by atoms with E-state index in [2.05, 4.69) is 22.6 Å². The molecule has 0 aliphatic carbocycles. The molecule has 1 amide bonds. The molecule has 0 radical (unpaired) electrons. The molecule has 15 heavy (non-hydrogen) atoms. The van der Waals surface area contributed by atoms with E-state index in [9.17, 15) is 4.79 Å². The summed E-state index contributed by atoms with van der Waals surface area (Å²) in [5.74, 6) is 0.310. The van der Waals surface area contributed by atoms with Crippen LogP contribution >= 0.6 is 35.8 Å². The first-order valence-corrected chi connectivity index (χ1v) is 5.51. The quantitative estimate of drug-likeness (QED) is 0.621. The zero-order chi connectivity index (χ0) is 11.0. The van der Waals surface area contributed by atoms with E-state index in [-0.39, 0.29) is 21.3 Å². The maximum Gasteiger partial charge on any atom is 0.229 e. The highest BCUT2D eigenvalue weighted by Crippen LogP contribution is 2.31. The number of halogens is 2. The third-order valence-electron chi connectivity index (χ3n) is 2.09. The van der Waals surface area contributed by atoms with Crippen molar-refractivity contribution in [3.05, 3.63) is 16.5 Å². The van der Waals surface area contributed by atoms with Crippen LogP contribution in [0.2, 0.25) is 10.2 Å². The Labute approximate surface area is 102 Å². The van der Waals surface area contributed by atoms with Crippen LogP contribution in [-0.4, -0.2) is 27.7 Å². The molecule has 1 aliphatic rings. The average Bonchev–Trinajstić information content (AvgIpc) is 2.50. The number of anilines is 1. The highest BCUT2D eigenvalue weighted by molar-refractivity contribution is 7.81. The summed E-state index contributed by atoms with van der Waals surface area (Å²) in [5, 5.41) is 0.370. The summed E-state index contributed by atoms with van der Waals surface area (Å²) in [6.07, 6.45) is 1.67. The van der Waals surface area contributed by atoms with Gasteiger partial charge in [-0.25, -0.2) is 9.97 Å². The van der Waals surface area contributed by atoms with Gasteiger partial charge in [-0.2, -0.15) is 12.6 Å². The van der Waals surface area contributed by atoms with Crippen LogP contribution in [-0.2, 0) is 4.79 Å². The lowest BCUT2D eigenvalue weighted by molar-refractivity contribution is -0.117. The molecule has 1 atom stereocenters. The summed E-state index contributed by atoms with van der Waals surface area (Å²) in [7, 11) is 0. The Morgan fingerprint density at radius 2 is 2.20 bits per heavy atom. The number of hydrogen-bond donors (Lipinski definition) is 1. The van der Waals surface area contributed by atoms with Crippen molar-refractivity contribution in [3.63, 3.8) is 0 Å². The SMILES string of the molecule is O=C1CC(S)CN1c1ncnc(Cl)c1Cl. The fourth-order valence-corrected chi connectivity index (χ4v) is 2.07. The van der Waals surface area contributed by atoms with E-state index in [4.69, 9.17) is 23.2 Å². The van der Waals surface area contributed by atoms with E-state index >= 15 is 0 Å². The van der Waals surface area contributed by atoms with Gasteiger partial charge in [0.1, 0.15) is 11.3 Å². The highest BCUT2D eigenvalue weighted by atomic mass is 35.5. The van der Waals surface area contributed by atoms with E-state index in [0.717, 1.165) is 0 Å². The highest BCUT2D eigenvalue weighted by Gasteiger charge is 2.31. The number of thiol groups is 1. The number of nitrogens with zero attached hydrogens (tertiary/aromatic N) is 3. The van der Waals surface area contributed by atoms with Gasteiger partial charge in [0.2, 0.25) is 5.91 Å². The van der Waals surface area contributed by atoms with Gasteiger partial charge in [-0.05, 0) is 0 Å². The van der Waals surface area contributed by atoms with Crippen molar-refractivity contribution >= 4 is 47.6 Å². The van der Waals surface area contributed by atoms with Crippen molar-refractivity contribution in [1.29, 1.82) is 0 Å². The van der Waals surface area contributed by atoms with Crippen LogP contribution in [0.25, 0.3) is 0 Å². The molecule has 1 unspecified atom stereocenters. The van der Waals surface area contributed by atoms with Crippen LogP contribution in [0.5, 0.6) is 0 Å². The first-order valence-electron chi connectivity index (χ1n) is 4.24. The van der Waals surface area contributed by atoms with E-state index < -0.39 is 0 Å². The standard InChI is InChI=1S/C8H7Cl2N3OS/c9-6-7(10)11-3-12-8(6)13-2-4(15)1-5(13)14/h3-4,15H,1-2H2.